The molecule has 0 radical (unpaired) electrons. The molecule has 2 aliphatic rings. The molecule has 1 aromatic carbocycles. The fourth-order valence-corrected chi connectivity index (χ4v) is 3.83. The van der Waals surface area contributed by atoms with Gasteiger partial charge in [0.15, 0.2) is 11.5 Å². The molecule has 0 unspecified atom stereocenters. The first kappa shape index (κ1) is 20.1. The second-order valence-electron chi connectivity index (χ2n) is 7.24. The van der Waals surface area contributed by atoms with Crippen LogP contribution in [0.4, 0.5) is 0 Å². The maximum absolute atomic E-state index is 13.0. The van der Waals surface area contributed by atoms with Crippen LogP contribution in [0.2, 0.25) is 0 Å². The topological polar surface area (TPSA) is 83.2 Å². The van der Waals surface area contributed by atoms with Gasteiger partial charge in [-0.25, -0.2) is 0 Å². The van der Waals surface area contributed by atoms with Crippen molar-refractivity contribution in [2.24, 2.45) is 0 Å². The van der Waals surface area contributed by atoms with Gasteiger partial charge in [0.2, 0.25) is 0 Å². The minimum Gasteiger partial charge on any atom is -0.503 e. The van der Waals surface area contributed by atoms with Gasteiger partial charge in [-0.05, 0) is 29.8 Å². The molecular weight excluding hydrogens is 384 g/mol. The summed E-state index contributed by atoms with van der Waals surface area (Å²) in [6.07, 6.45) is 4.38. The number of nitrogens with zero attached hydrogens (tertiary/aromatic N) is 2. The lowest BCUT2D eigenvalue weighted by molar-refractivity contribution is -0.129. The first-order chi connectivity index (χ1) is 14.6. The molecule has 7 nitrogen and oxygen atoms in total. The minimum atomic E-state index is -0.631. The molecule has 30 heavy (non-hydrogen) atoms. The number of furan rings is 1. The van der Waals surface area contributed by atoms with Crippen molar-refractivity contribution < 1.29 is 23.8 Å². The van der Waals surface area contributed by atoms with E-state index in [2.05, 4.69) is 4.90 Å². The van der Waals surface area contributed by atoms with Crippen molar-refractivity contribution in [3.63, 3.8) is 0 Å². The van der Waals surface area contributed by atoms with Crippen LogP contribution in [0.3, 0.4) is 0 Å². The molecule has 7 heteroatoms. The third-order valence-corrected chi connectivity index (χ3v) is 5.39. The molecule has 156 valence electrons. The Balaban J connectivity index is 1.59. The second-order valence-corrected chi connectivity index (χ2v) is 7.24. The molecular formula is C23H24N2O5. The fourth-order valence-electron chi connectivity index (χ4n) is 3.83. The van der Waals surface area contributed by atoms with E-state index in [0.717, 1.165) is 18.7 Å². The van der Waals surface area contributed by atoms with Crippen molar-refractivity contribution in [3.05, 3.63) is 77.5 Å². The predicted octanol–water partition coefficient (Wildman–Crippen LogP) is 2.59. The Morgan fingerprint density at radius 1 is 1.10 bits per heavy atom. The van der Waals surface area contributed by atoms with Crippen molar-refractivity contribution in [2.75, 3.05) is 39.4 Å². The van der Waals surface area contributed by atoms with E-state index in [1.807, 2.05) is 30.3 Å². The number of carbonyl (C=O) groups excluding carboxylic acids is 2. The lowest BCUT2D eigenvalue weighted by Crippen LogP contribution is -2.43. The molecule has 2 aromatic rings. The number of hydrogen-bond donors (Lipinski definition) is 1. The molecule has 1 atom stereocenters. The Kier molecular flexibility index (Phi) is 6.11. The monoisotopic (exact) mass is 408 g/mol. The average molecular weight is 408 g/mol. The molecule has 1 saturated heterocycles. The highest BCUT2D eigenvalue weighted by atomic mass is 16.5. The summed E-state index contributed by atoms with van der Waals surface area (Å²) in [5.74, 6) is -0.903. The highest BCUT2D eigenvalue weighted by Gasteiger charge is 2.42. The number of allylic oxidation sites excluding steroid dienone is 1. The van der Waals surface area contributed by atoms with E-state index in [1.54, 1.807) is 17.0 Å². The van der Waals surface area contributed by atoms with Gasteiger partial charge >= 0.3 is 0 Å². The SMILES string of the molecule is O=C(/C=C/c1ccco1)C1=C(O)C(=O)N(CCN2CCOCC2)[C@H]1c1ccccc1. The first-order valence-electron chi connectivity index (χ1n) is 10.00. The van der Waals surface area contributed by atoms with E-state index in [4.69, 9.17) is 9.15 Å². The largest absolute Gasteiger partial charge is 0.503 e. The van der Waals surface area contributed by atoms with E-state index in [1.165, 1.54) is 18.4 Å². The van der Waals surface area contributed by atoms with Crippen LogP contribution < -0.4 is 0 Å². The number of aliphatic hydroxyl groups excluding tert-OH is 1. The smallest absolute Gasteiger partial charge is 0.290 e. The maximum Gasteiger partial charge on any atom is 0.290 e. The number of ketones is 1. The van der Waals surface area contributed by atoms with Gasteiger partial charge in [0, 0.05) is 26.2 Å². The van der Waals surface area contributed by atoms with Gasteiger partial charge in [-0.2, -0.15) is 0 Å². The average Bonchev–Trinajstić information content (AvgIpc) is 3.39. The zero-order chi connectivity index (χ0) is 20.9. The van der Waals surface area contributed by atoms with Crippen molar-refractivity contribution in [2.45, 2.75) is 6.04 Å². The van der Waals surface area contributed by atoms with E-state index >= 15 is 0 Å². The summed E-state index contributed by atoms with van der Waals surface area (Å²) in [7, 11) is 0. The Labute approximate surface area is 174 Å². The predicted molar refractivity (Wildman–Crippen MR) is 111 cm³/mol. The molecule has 1 aromatic heterocycles. The van der Waals surface area contributed by atoms with Crippen LogP contribution in [0.25, 0.3) is 6.08 Å². The molecule has 2 aliphatic heterocycles. The van der Waals surface area contributed by atoms with Gasteiger partial charge < -0.3 is 19.2 Å². The fraction of sp³-hybridized carbons (Fsp3) is 0.304. The minimum absolute atomic E-state index is 0.0935. The summed E-state index contributed by atoms with van der Waals surface area (Å²) in [5, 5.41) is 10.6. The number of ether oxygens (including phenoxy) is 1. The van der Waals surface area contributed by atoms with Gasteiger partial charge in [-0.1, -0.05) is 30.3 Å². The van der Waals surface area contributed by atoms with Crippen LogP contribution >= 0.6 is 0 Å². The number of rotatable bonds is 7. The van der Waals surface area contributed by atoms with Gasteiger partial charge in [0.05, 0.1) is 31.1 Å². The molecule has 0 aliphatic carbocycles. The van der Waals surface area contributed by atoms with E-state index in [0.29, 0.717) is 32.1 Å². The normalized spacial score (nSPS) is 20.5. The Bertz CT molecular complexity index is 943. The Hall–Kier alpha value is -3.16. The van der Waals surface area contributed by atoms with Crippen molar-refractivity contribution >= 4 is 17.8 Å². The lowest BCUT2D eigenvalue weighted by Gasteiger charge is -2.31. The highest BCUT2D eigenvalue weighted by molar-refractivity contribution is 6.14. The van der Waals surface area contributed by atoms with E-state index in [-0.39, 0.29) is 5.57 Å². The van der Waals surface area contributed by atoms with E-state index in [9.17, 15) is 14.7 Å². The van der Waals surface area contributed by atoms with Crippen LogP contribution in [0, 0.1) is 0 Å². The number of carbonyl (C=O) groups is 2. The molecule has 1 fully saturated rings. The van der Waals surface area contributed by atoms with Crippen molar-refractivity contribution in [1.29, 1.82) is 0 Å². The lowest BCUT2D eigenvalue weighted by atomic mass is 9.96. The second kappa shape index (κ2) is 9.11. The Morgan fingerprint density at radius 2 is 1.87 bits per heavy atom. The molecule has 4 rings (SSSR count). The zero-order valence-corrected chi connectivity index (χ0v) is 16.6. The van der Waals surface area contributed by atoms with Crippen LogP contribution in [-0.2, 0) is 14.3 Å². The molecule has 1 N–H and O–H groups in total. The van der Waals surface area contributed by atoms with Crippen LogP contribution in [0.5, 0.6) is 0 Å². The molecule has 3 heterocycles. The van der Waals surface area contributed by atoms with Crippen molar-refractivity contribution in [1.82, 2.24) is 9.80 Å². The third kappa shape index (κ3) is 4.22. The number of amides is 1. The zero-order valence-electron chi connectivity index (χ0n) is 16.6. The summed E-state index contributed by atoms with van der Waals surface area (Å²) in [6, 6.07) is 12.1. The Morgan fingerprint density at radius 3 is 2.57 bits per heavy atom. The maximum atomic E-state index is 13.0. The highest BCUT2D eigenvalue weighted by Crippen LogP contribution is 2.37. The molecule has 0 saturated carbocycles. The summed E-state index contributed by atoms with van der Waals surface area (Å²) >= 11 is 0. The van der Waals surface area contributed by atoms with Gasteiger partial charge in [0.1, 0.15) is 5.76 Å². The van der Waals surface area contributed by atoms with E-state index < -0.39 is 23.5 Å². The summed E-state index contributed by atoms with van der Waals surface area (Å²) in [5.41, 5.74) is 0.877. The molecule has 0 spiro atoms. The van der Waals surface area contributed by atoms with Gasteiger partial charge in [-0.3, -0.25) is 14.5 Å². The van der Waals surface area contributed by atoms with Gasteiger partial charge in [-0.15, -0.1) is 0 Å². The summed E-state index contributed by atoms with van der Waals surface area (Å²) < 4.78 is 10.6. The number of hydrogen-bond acceptors (Lipinski definition) is 6. The van der Waals surface area contributed by atoms with Crippen molar-refractivity contribution in [3.8, 4) is 0 Å². The molecule has 0 bridgehead atoms. The summed E-state index contributed by atoms with van der Waals surface area (Å²) in [4.78, 5) is 29.7. The number of benzene rings is 1. The quantitative estimate of drug-likeness (QED) is 0.709. The standard InChI is InChI=1S/C23H24N2O5/c26-19(9-8-18-7-4-14-30-18)20-21(17-5-2-1-3-6-17)25(23(28)22(20)27)11-10-24-12-15-29-16-13-24/h1-9,14,21,27H,10-13,15-16H2/b9-8+/t21-/m0/s1. The third-order valence-electron chi connectivity index (χ3n) is 5.39. The van der Waals surface area contributed by atoms with Crippen LogP contribution in [0.15, 0.2) is 70.6 Å². The first-order valence-corrected chi connectivity index (χ1v) is 10.00. The number of aliphatic hydroxyl groups is 1. The number of morpholine rings is 1. The molecule has 1 amide bonds. The van der Waals surface area contributed by atoms with Gasteiger partial charge in [0.25, 0.3) is 5.91 Å². The van der Waals surface area contributed by atoms with Crippen LogP contribution in [0.1, 0.15) is 17.4 Å². The van der Waals surface area contributed by atoms with Crippen LogP contribution in [-0.4, -0.2) is 66.0 Å². The summed E-state index contributed by atoms with van der Waals surface area (Å²) in [6.45, 7) is 3.99.